The lowest BCUT2D eigenvalue weighted by Gasteiger charge is -2.32. The Morgan fingerprint density at radius 3 is 2.94 bits per heavy atom. The average molecular weight is 442 g/mol. The van der Waals surface area contributed by atoms with Crippen LogP contribution in [0.5, 0.6) is 0 Å². The molecular formula is C26H27N5O2. The Morgan fingerprint density at radius 2 is 2.09 bits per heavy atom. The van der Waals surface area contributed by atoms with E-state index < -0.39 is 0 Å². The second-order valence-corrected chi connectivity index (χ2v) is 8.32. The maximum Gasteiger partial charge on any atom is 0.223 e. The van der Waals surface area contributed by atoms with Crippen molar-refractivity contribution in [1.82, 2.24) is 19.9 Å². The molecule has 4 aromatic rings. The van der Waals surface area contributed by atoms with Crippen molar-refractivity contribution in [1.29, 1.82) is 0 Å². The molecule has 2 N–H and O–H groups in total. The van der Waals surface area contributed by atoms with Gasteiger partial charge in [-0.15, -0.1) is 0 Å². The molecule has 168 valence electrons. The number of anilines is 2. The van der Waals surface area contributed by atoms with E-state index in [2.05, 4.69) is 32.4 Å². The van der Waals surface area contributed by atoms with Crippen LogP contribution in [0.4, 0.5) is 11.5 Å². The van der Waals surface area contributed by atoms with Crippen molar-refractivity contribution in [3.63, 3.8) is 0 Å². The highest BCUT2D eigenvalue weighted by atomic mass is 16.5. The van der Waals surface area contributed by atoms with Crippen LogP contribution in [0.1, 0.15) is 29.3 Å². The summed E-state index contributed by atoms with van der Waals surface area (Å²) in [6.45, 7) is 3.66. The van der Waals surface area contributed by atoms with Crippen LogP contribution in [0, 0.1) is 6.92 Å². The Morgan fingerprint density at radius 1 is 1.18 bits per heavy atom. The summed E-state index contributed by atoms with van der Waals surface area (Å²) in [4.78, 5) is 27.0. The van der Waals surface area contributed by atoms with Crippen molar-refractivity contribution in [2.45, 2.75) is 25.9 Å². The van der Waals surface area contributed by atoms with Crippen LogP contribution in [0.2, 0.25) is 0 Å². The van der Waals surface area contributed by atoms with E-state index in [1.165, 1.54) is 10.9 Å². The largest absolute Gasteiger partial charge is 0.368 e. The first kappa shape index (κ1) is 21.2. The van der Waals surface area contributed by atoms with Gasteiger partial charge in [-0.3, -0.25) is 9.78 Å². The lowest BCUT2D eigenvalue weighted by molar-refractivity contribution is -0.139. The highest BCUT2D eigenvalue weighted by molar-refractivity contribution is 5.84. The Kier molecular flexibility index (Phi) is 6.04. The van der Waals surface area contributed by atoms with E-state index >= 15 is 0 Å². The summed E-state index contributed by atoms with van der Waals surface area (Å²) in [6.07, 6.45) is 6.53. The number of aromatic nitrogens is 3. The van der Waals surface area contributed by atoms with Gasteiger partial charge in [0.15, 0.2) is 0 Å². The number of hydrogen-bond acceptors (Lipinski definition) is 5. The van der Waals surface area contributed by atoms with Crippen LogP contribution in [-0.4, -0.2) is 45.5 Å². The number of nitrogens with zero attached hydrogens (tertiary/aromatic N) is 3. The molecule has 1 saturated heterocycles. The molecular weight excluding hydrogens is 414 g/mol. The maximum atomic E-state index is 12.9. The van der Waals surface area contributed by atoms with E-state index in [0.717, 1.165) is 34.7 Å². The molecule has 5 rings (SSSR count). The van der Waals surface area contributed by atoms with Gasteiger partial charge in [0.05, 0.1) is 30.7 Å². The zero-order valence-corrected chi connectivity index (χ0v) is 18.6. The maximum absolute atomic E-state index is 12.9. The molecule has 0 radical (unpaired) electrons. The summed E-state index contributed by atoms with van der Waals surface area (Å²) in [5, 5.41) is 4.47. The van der Waals surface area contributed by atoms with Gasteiger partial charge in [-0.2, -0.15) is 0 Å². The number of pyridine rings is 2. The second-order valence-electron chi connectivity index (χ2n) is 8.32. The zero-order valence-electron chi connectivity index (χ0n) is 18.6. The van der Waals surface area contributed by atoms with Gasteiger partial charge in [-0.05, 0) is 48.7 Å². The first-order valence-corrected chi connectivity index (χ1v) is 11.3. The number of morpholine rings is 1. The third kappa shape index (κ3) is 4.73. The molecule has 1 aromatic carbocycles. The number of hydrogen-bond donors (Lipinski definition) is 2. The van der Waals surface area contributed by atoms with Gasteiger partial charge < -0.3 is 19.9 Å². The van der Waals surface area contributed by atoms with Crippen molar-refractivity contribution < 1.29 is 9.53 Å². The standard InChI is InChI=1S/C26H27N5O2/c1-18-5-4-12-27-26(18)30-20-9-10-23(29-16-20)24-17-31(13-14-33-24)25(32)11-8-19-15-28-22-7-3-2-6-21(19)22/h2-7,9-10,12,15-16,24,28H,8,11,13-14,17H2,1H3,(H,27,30)/t24-/m0/s1. The van der Waals surface area contributed by atoms with Crippen LogP contribution < -0.4 is 5.32 Å². The van der Waals surface area contributed by atoms with Crippen LogP contribution >= 0.6 is 0 Å². The van der Waals surface area contributed by atoms with Crippen molar-refractivity contribution in [2.75, 3.05) is 25.0 Å². The Bertz CT molecular complexity index is 1250. The van der Waals surface area contributed by atoms with Gasteiger partial charge in [0.1, 0.15) is 11.9 Å². The fourth-order valence-corrected chi connectivity index (χ4v) is 4.22. The topological polar surface area (TPSA) is 83.1 Å². The summed E-state index contributed by atoms with van der Waals surface area (Å²) in [5.74, 6) is 0.963. The number of H-pyrrole nitrogens is 1. The molecule has 4 heterocycles. The van der Waals surface area contributed by atoms with Gasteiger partial charge >= 0.3 is 0 Å². The number of carbonyl (C=O) groups is 1. The summed E-state index contributed by atoms with van der Waals surface area (Å²) in [5.41, 5.74) is 5.04. The molecule has 0 bridgehead atoms. The Hall–Kier alpha value is -3.71. The first-order valence-electron chi connectivity index (χ1n) is 11.3. The molecule has 1 atom stereocenters. The Labute approximate surface area is 192 Å². The number of para-hydroxylation sites is 1. The predicted octanol–water partition coefficient (Wildman–Crippen LogP) is 4.54. The number of carbonyl (C=O) groups excluding carboxylic acids is 1. The quantitative estimate of drug-likeness (QED) is 0.459. The van der Waals surface area contributed by atoms with Crippen LogP contribution in [0.25, 0.3) is 10.9 Å². The SMILES string of the molecule is Cc1cccnc1Nc1ccc([C@@H]2CN(C(=O)CCc3c[nH]c4ccccc34)CCO2)nc1. The lowest BCUT2D eigenvalue weighted by Crippen LogP contribution is -2.42. The molecule has 1 aliphatic heterocycles. The molecule has 0 aliphatic carbocycles. The summed E-state index contributed by atoms with van der Waals surface area (Å²) < 4.78 is 5.94. The molecule has 7 nitrogen and oxygen atoms in total. The van der Waals surface area contributed by atoms with E-state index in [1.54, 1.807) is 12.4 Å². The van der Waals surface area contributed by atoms with E-state index in [9.17, 15) is 4.79 Å². The molecule has 33 heavy (non-hydrogen) atoms. The van der Waals surface area contributed by atoms with Gasteiger partial charge in [-0.25, -0.2) is 4.98 Å². The van der Waals surface area contributed by atoms with Gasteiger partial charge in [0.25, 0.3) is 0 Å². The second kappa shape index (κ2) is 9.42. The minimum absolute atomic E-state index is 0.150. The fourth-order valence-electron chi connectivity index (χ4n) is 4.22. The monoisotopic (exact) mass is 441 g/mol. The normalized spacial score (nSPS) is 16.2. The molecule has 7 heteroatoms. The molecule has 1 amide bonds. The predicted molar refractivity (Wildman–Crippen MR) is 128 cm³/mol. The van der Waals surface area contributed by atoms with Crippen LogP contribution in [0.15, 0.2) is 67.1 Å². The minimum atomic E-state index is -0.221. The number of fused-ring (bicyclic) bond motifs is 1. The summed E-state index contributed by atoms with van der Waals surface area (Å²) >= 11 is 0. The number of ether oxygens (including phenoxy) is 1. The highest BCUT2D eigenvalue weighted by Gasteiger charge is 2.26. The van der Waals surface area contributed by atoms with Gasteiger partial charge in [0.2, 0.25) is 5.91 Å². The zero-order chi connectivity index (χ0) is 22.6. The van der Waals surface area contributed by atoms with E-state index in [1.807, 2.05) is 54.4 Å². The fraction of sp³-hybridized carbons (Fsp3) is 0.269. The smallest absolute Gasteiger partial charge is 0.223 e. The van der Waals surface area contributed by atoms with E-state index in [4.69, 9.17) is 4.74 Å². The van der Waals surface area contributed by atoms with Crippen LogP contribution in [-0.2, 0) is 16.0 Å². The van der Waals surface area contributed by atoms with Gasteiger partial charge in [0, 0.05) is 36.3 Å². The summed E-state index contributed by atoms with van der Waals surface area (Å²) in [6, 6.07) is 16.0. The lowest BCUT2D eigenvalue weighted by atomic mass is 10.1. The van der Waals surface area contributed by atoms with Gasteiger partial charge in [-0.1, -0.05) is 24.3 Å². The van der Waals surface area contributed by atoms with E-state index in [0.29, 0.717) is 26.1 Å². The molecule has 0 saturated carbocycles. The van der Waals surface area contributed by atoms with Crippen molar-refractivity contribution in [3.05, 3.63) is 83.9 Å². The average Bonchev–Trinajstić information content (AvgIpc) is 3.28. The van der Waals surface area contributed by atoms with Crippen molar-refractivity contribution in [3.8, 4) is 0 Å². The molecule has 3 aromatic heterocycles. The Balaban J connectivity index is 1.19. The number of rotatable bonds is 6. The third-order valence-corrected chi connectivity index (χ3v) is 6.09. The number of aromatic amines is 1. The number of aryl methyl sites for hydroxylation is 2. The third-order valence-electron chi connectivity index (χ3n) is 6.09. The minimum Gasteiger partial charge on any atom is -0.368 e. The number of nitrogens with one attached hydrogen (secondary N) is 2. The van der Waals surface area contributed by atoms with Crippen LogP contribution in [0.3, 0.4) is 0 Å². The number of amides is 1. The molecule has 1 fully saturated rings. The molecule has 0 unspecified atom stereocenters. The van der Waals surface area contributed by atoms with Crippen molar-refractivity contribution in [2.24, 2.45) is 0 Å². The van der Waals surface area contributed by atoms with E-state index in [-0.39, 0.29) is 12.0 Å². The number of benzene rings is 1. The first-order chi connectivity index (χ1) is 16.2. The molecule has 1 aliphatic rings. The van der Waals surface area contributed by atoms with Crippen molar-refractivity contribution >= 4 is 28.3 Å². The molecule has 0 spiro atoms. The summed E-state index contributed by atoms with van der Waals surface area (Å²) in [7, 11) is 0. The highest BCUT2D eigenvalue weighted by Crippen LogP contribution is 2.24.